The summed E-state index contributed by atoms with van der Waals surface area (Å²) in [5.41, 5.74) is 1.66. The number of anilines is 2. The number of carbonyl (C=O) groups excluding carboxylic acids is 3. The van der Waals surface area contributed by atoms with Crippen molar-refractivity contribution in [3.63, 3.8) is 0 Å². The Labute approximate surface area is 252 Å². The summed E-state index contributed by atoms with van der Waals surface area (Å²) in [5, 5.41) is 9.01. The molecule has 1 unspecified atom stereocenters. The molecule has 3 aromatic carbocycles. The number of nitrogens with zero attached hydrogens (tertiary/aromatic N) is 1. The van der Waals surface area contributed by atoms with E-state index in [4.69, 9.17) is 23.2 Å². The van der Waals surface area contributed by atoms with E-state index in [1.165, 1.54) is 18.0 Å². The Bertz CT molecular complexity index is 1550. The number of aromatic nitrogens is 1. The van der Waals surface area contributed by atoms with Crippen LogP contribution >= 0.6 is 35.0 Å². The number of benzene rings is 3. The highest BCUT2D eigenvalue weighted by Crippen LogP contribution is 2.29. The van der Waals surface area contributed by atoms with Crippen molar-refractivity contribution in [2.75, 3.05) is 10.6 Å². The molecule has 0 aliphatic rings. The molecule has 0 fully saturated rings. The van der Waals surface area contributed by atoms with E-state index in [1.807, 2.05) is 13.0 Å². The molecule has 0 radical (unpaired) electrons. The first-order valence-electron chi connectivity index (χ1n) is 12.6. The van der Waals surface area contributed by atoms with Gasteiger partial charge in [0.1, 0.15) is 11.5 Å². The van der Waals surface area contributed by atoms with Crippen LogP contribution in [0.25, 0.3) is 6.08 Å². The molecule has 0 spiro atoms. The van der Waals surface area contributed by atoms with Crippen molar-refractivity contribution in [2.45, 2.75) is 23.5 Å². The van der Waals surface area contributed by atoms with Crippen molar-refractivity contribution in [2.24, 2.45) is 0 Å². The van der Waals surface area contributed by atoms with E-state index in [2.05, 4.69) is 20.9 Å². The SMILES string of the molecule is CCC(Sc1cccc(NC(=O)/C(=C/c2ccc(Cl)cc2)NC(=O)c2ccccc2)c1)C(=O)Nc1ccc(Cl)cn1. The van der Waals surface area contributed by atoms with Gasteiger partial charge in [0.15, 0.2) is 0 Å². The molecular weight excluding hydrogens is 579 g/mol. The number of nitrogens with one attached hydrogen (secondary N) is 3. The summed E-state index contributed by atoms with van der Waals surface area (Å²) in [6, 6.07) is 26.0. The second-order valence-corrected chi connectivity index (χ2v) is 10.9. The van der Waals surface area contributed by atoms with E-state index in [1.54, 1.807) is 91.0 Å². The van der Waals surface area contributed by atoms with Crippen LogP contribution in [0, 0.1) is 0 Å². The van der Waals surface area contributed by atoms with Crippen LogP contribution in [0.15, 0.2) is 108 Å². The molecule has 0 aliphatic carbocycles. The van der Waals surface area contributed by atoms with Crippen molar-refractivity contribution >= 4 is 70.3 Å². The summed E-state index contributed by atoms with van der Waals surface area (Å²) in [6.07, 6.45) is 3.61. The average Bonchev–Trinajstić information content (AvgIpc) is 2.98. The zero-order valence-corrected chi connectivity index (χ0v) is 24.3. The minimum Gasteiger partial charge on any atom is -0.321 e. The van der Waals surface area contributed by atoms with E-state index in [-0.39, 0.29) is 11.6 Å². The number of carbonyl (C=O) groups is 3. The van der Waals surface area contributed by atoms with Gasteiger partial charge in [-0.3, -0.25) is 14.4 Å². The monoisotopic (exact) mass is 604 g/mol. The fraction of sp³-hybridized carbons (Fsp3) is 0.0968. The summed E-state index contributed by atoms with van der Waals surface area (Å²) in [7, 11) is 0. The van der Waals surface area contributed by atoms with Gasteiger partial charge < -0.3 is 16.0 Å². The molecule has 1 heterocycles. The highest BCUT2D eigenvalue weighted by Gasteiger charge is 2.20. The summed E-state index contributed by atoms with van der Waals surface area (Å²) >= 11 is 13.2. The molecule has 41 heavy (non-hydrogen) atoms. The number of pyridine rings is 1. The second-order valence-electron chi connectivity index (χ2n) is 8.78. The van der Waals surface area contributed by atoms with Crippen LogP contribution in [0.1, 0.15) is 29.3 Å². The first-order chi connectivity index (χ1) is 19.8. The third-order valence-electron chi connectivity index (χ3n) is 5.72. The third kappa shape index (κ3) is 8.94. The van der Waals surface area contributed by atoms with Crippen LogP contribution in [0.4, 0.5) is 11.5 Å². The molecule has 10 heteroatoms. The van der Waals surface area contributed by atoms with Crippen LogP contribution in [-0.2, 0) is 9.59 Å². The lowest BCUT2D eigenvalue weighted by Crippen LogP contribution is -2.30. The van der Waals surface area contributed by atoms with Gasteiger partial charge in [-0.2, -0.15) is 0 Å². The Morgan fingerprint density at radius 3 is 2.29 bits per heavy atom. The number of rotatable bonds is 10. The Kier molecular flexibility index (Phi) is 10.6. The van der Waals surface area contributed by atoms with Crippen LogP contribution in [0.3, 0.4) is 0 Å². The van der Waals surface area contributed by atoms with Crippen LogP contribution in [0.2, 0.25) is 10.0 Å². The third-order valence-corrected chi connectivity index (χ3v) is 7.56. The zero-order valence-electron chi connectivity index (χ0n) is 21.9. The molecule has 0 bridgehead atoms. The van der Waals surface area contributed by atoms with Gasteiger partial charge in [-0.1, -0.05) is 66.5 Å². The largest absolute Gasteiger partial charge is 0.321 e. The number of thioether (sulfide) groups is 1. The summed E-state index contributed by atoms with van der Waals surface area (Å²) in [5.74, 6) is -0.710. The maximum atomic E-state index is 13.4. The van der Waals surface area contributed by atoms with Gasteiger partial charge >= 0.3 is 0 Å². The lowest BCUT2D eigenvalue weighted by Gasteiger charge is -2.15. The highest BCUT2D eigenvalue weighted by molar-refractivity contribution is 8.00. The molecule has 4 aromatic rings. The van der Waals surface area contributed by atoms with Crippen molar-refractivity contribution in [3.8, 4) is 0 Å². The topological polar surface area (TPSA) is 100 Å². The summed E-state index contributed by atoms with van der Waals surface area (Å²) in [6.45, 7) is 1.92. The van der Waals surface area contributed by atoms with Gasteiger partial charge in [-0.15, -0.1) is 11.8 Å². The van der Waals surface area contributed by atoms with Gasteiger partial charge in [0.25, 0.3) is 11.8 Å². The molecule has 1 atom stereocenters. The predicted molar refractivity (Wildman–Crippen MR) is 166 cm³/mol. The maximum absolute atomic E-state index is 13.4. The summed E-state index contributed by atoms with van der Waals surface area (Å²) < 4.78 is 0. The van der Waals surface area contributed by atoms with Gasteiger partial charge in [0, 0.05) is 27.4 Å². The molecule has 0 aliphatic heterocycles. The van der Waals surface area contributed by atoms with Gasteiger partial charge in [-0.05, 0) is 72.7 Å². The molecular formula is C31H26Cl2N4O3S. The number of amides is 3. The van der Waals surface area contributed by atoms with Crippen LogP contribution in [0.5, 0.6) is 0 Å². The zero-order chi connectivity index (χ0) is 29.2. The Morgan fingerprint density at radius 2 is 1.61 bits per heavy atom. The minimum absolute atomic E-state index is 0.0560. The van der Waals surface area contributed by atoms with Crippen molar-refractivity contribution in [1.82, 2.24) is 10.3 Å². The molecule has 3 amide bonds. The van der Waals surface area contributed by atoms with Crippen molar-refractivity contribution in [3.05, 3.63) is 124 Å². The van der Waals surface area contributed by atoms with Gasteiger partial charge in [0.2, 0.25) is 5.91 Å². The van der Waals surface area contributed by atoms with Crippen LogP contribution < -0.4 is 16.0 Å². The molecule has 3 N–H and O–H groups in total. The summed E-state index contributed by atoms with van der Waals surface area (Å²) in [4.78, 5) is 44.0. The number of hydrogen-bond donors (Lipinski definition) is 3. The Hall–Kier alpha value is -4.11. The van der Waals surface area contributed by atoms with E-state index in [0.717, 1.165) is 4.90 Å². The molecule has 0 saturated carbocycles. The van der Waals surface area contributed by atoms with Gasteiger partial charge in [0.05, 0.1) is 10.3 Å². The smallest absolute Gasteiger partial charge is 0.272 e. The molecule has 1 aromatic heterocycles. The van der Waals surface area contributed by atoms with Crippen molar-refractivity contribution < 1.29 is 14.4 Å². The molecule has 0 saturated heterocycles. The lowest BCUT2D eigenvalue weighted by molar-refractivity contribution is -0.116. The fourth-order valence-electron chi connectivity index (χ4n) is 3.66. The average molecular weight is 606 g/mol. The molecule has 208 valence electrons. The molecule has 7 nitrogen and oxygen atoms in total. The number of halogens is 2. The predicted octanol–water partition coefficient (Wildman–Crippen LogP) is 7.31. The number of hydrogen-bond acceptors (Lipinski definition) is 5. The fourth-order valence-corrected chi connectivity index (χ4v) is 4.91. The Balaban J connectivity index is 1.49. The quantitative estimate of drug-likeness (QED) is 0.130. The highest BCUT2D eigenvalue weighted by atomic mass is 35.5. The van der Waals surface area contributed by atoms with E-state index in [0.29, 0.717) is 39.1 Å². The lowest BCUT2D eigenvalue weighted by atomic mass is 10.1. The van der Waals surface area contributed by atoms with Crippen molar-refractivity contribution in [1.29, 1.82) is 0 Å². The van der Waals surface area contributed by atoms with Crippen LogP contribution in [-0.4, -0.2) is 28.0 Å². The second kappa shape index (κ2) is 14.5. The maximum Gasteiger partial charge on any atom is 0.272 e. The Morgan fingerprint density at radius 1 is 0.878 bits per heavy atom. The van der Waals surface area contributed by atoms with E-state index in [9.17, 15) is 14.4 Å². The first kappa shape index (κ1) is 29.9. The van der Waals surface area contributed by atoms with E-state index >= 15 is 0 Å². The van der Waals surface area contributed by atoms with E-state index < -0.39 is 17.1 Å². The standard InChI is InChI=1S/C31H26Cl2N4O3S/c1-2-27(31(40)37-28-16-15-23(33)19-34-28)41-25-10-6-9-24(18-25)35-30(39)26(17-20-11-13-22(32)14-12-20)36-29(38)21-7-4-3-5-8-21/h3-19,27H,2H2,1H3,(H,35,39)(H,36,38)(H,34,37,40)/b26-17-. The molecule has 4 rings (SSSR count). The first-order valence-corrected chi connectivity index (χ1v) is 14.3. The van der Waals surface area contributed by atoms with Gasteiger partial charge in [-0.25, -0.2) is 4.98 Å². The minimum atomic E-state index is -0.509. The normalized spacial score (nSPS) is 11.8.